The standard InChI is InChI=1S/C14H17N3O2/c1-9-4-3-5-12-14(9)16-13-8-19-7-11(17(12)13)6-15-10(2)18/h3-5,11H,6-8H2,1-2H3,(H,15,18). The lowest BCUT2D eigenvalue weighted by molar-refractivity contribution is -0.119. The van der Waals surface area contributed by atoms with Crippen LogP contribution in [0.4, 0.5) is 0 Å². The molecule has 1 aliphatic rings. The fourth-order valence-electron chi connectivity index (χ4n) is 2.59. The summed E-state index contributed by atoms with van der Waals surface area (Å²) in [5.74, 6) is 0.915. The number of benzene rings is 1. The molecule has 1 aliphatic heterocycles. The van der Waals surface area contributed by atoms with Gasteiger partial charge in [-0.1, -0.05) is 12.1 Å². The Labute approximate surface area is 111 Å². The lowest BCUT2D eigenvalue weighted by atomic mass is 10.2. The van der Waals surface area contributed by atoms with Crippen LogP contribution in [0.5, 0.6) is 0 Å². The van der Waals surface area contributed by atoms with Crippen molar-refractivity contribution >= 4 is 16.9 Å². The number of hydrogen-bond acceptors (Lipinski definition) is 3. The number of para-hydroxylation sites is 1. The summed E-state index contributed by atoms with van der Waals surface area (Å²) in [6.07, 6.45) is 0. The molecular weight excluding hydrogens is 242 g/mol. The predicted molar refractivity (Wildman–Crippen MR) is 71.8 cm³/mol. The van der Waals surface area contributed by atoms with E-state index in [1.165, 1.54) is 6.92 Å². The average molecular weight is 259 g/mol. The molecule has 0 saturated carbocycles. The van der Waals surface area contributed by atoms with Crippen molar-refractivity contribution in [1.82, 2.24) is 14.9 Å². The Morgan fingerprint density at radius 1 is 1.58 bits per heavy atom. The summed E-state index contributed by atoms with van der Waals surface area (Å²) in [7, 11) is 0. The Balaban J connectivity index is 2.05. The first-order valence-electron chi connectivity index (χ1n) is 6.45. The molecular formula is C14H17N3O2. The molecule has 1 atom stereocenters. The Morgan fingerprint density at radius 2 is 2.42 bits per heavy atom. The van der Waals surface area contributed by atoms with Gasteiger partial charge < -0.3 is 14.6 Å². The van der Waals surface area contributed by atoms with Gasteiger partial charge in [-0.05, 0) is 18.6 Å². The van der Waals surface area contributed by atoms with Crippen molar-refractivity contribution < 1.29 is 9.53 Å². The third-order valence-corrected chi connectivity index (χ3v) is 3.49. The number of aryl methyl sites for hydroxylation is 1. The van der Waals surface area contributed by atoms with Crippen LogP contribution in [0.2, 0.25) is 0 Å². The SMILES string of the molecule is CC(=O)NCC1COCc2nc3c(C)cccc3n21. The topological polar surface area (TPSA) is 56.1 Å². The van der Waals surface area contributed by atoms with Crippen molar-refractivity contribution in [3.63, 3.8) is 0 Å². The number of nitrogens with zero attached hydrogens (tertiary/aromatic N) is 2. The van der Waals surface area contributed by atoms with Gasteiger partial charge in [0.25, 0.3) is 0 Å². The maximum atomic E-state index is 11.1. The lowest BCUT2D eigenvalue weighted by Gasteiger charge is -2.26. The highest BCUT2D eigenvalue weighted by atomic mass is 16.5. The minimum atomic E-state index is -0.0206. The summed E-state index contributed by atoms with van der Waals surface area (Å²) in [6, 6.07) is 6.28. The molecule has 1 aromatic carbocycles. The van der Waals surface area contributed by atoms with Crippen LogP contribution in [0.15, 0.2) is 18.2 Å². The van der Waals surface area contributed by atoms with Crippen molar-refractivity contribution in [3.05, 3.63) is 29.6 Å². The van der Waals surface area contributed by atoms with Gasteiger partial charge >= 0.3 is 0 Å². The van der Waals surface area contributed by atoms with E-state index in [1.807, 2.05) is 6.07 Å². The highest BCUT2D eigenvalue weighted by Gasteiger charge is 2.24. The quantitative estimate of drug-likeness (QED) is 0.890. The number of nitrogens with one attached hydrogen (secondary N) is 1. The normalized spacial score (nSPS) is 18.3. The van der Waals surface area contributed by atoms with E-state index < -0.39 is 0 Å². The smallest absolute Gasteiger partial charge is 0.216 e. The lowest BCUT2D eigenvalue weighted by Crippen LogP contribution is -2.34. The van der Waals surface area contributed by atoms with Gasteiger partial charge in [0.2, 0.25) is 5.91 Å². The largest absolute Gasteiger partial charge is 0.371 e. The third-order valence-electron chi connectivity index (χ3n) is 3.49. The van der Waals surface area contributed by atoms with Gasteiger partial charge in [0.15, 0.2) is 0 Å². The second kappa shape index (κ2) is 4.66. The zero-order valence-electron chi connectivity index (χ0n) is 11.1. The summed E-state index contributed by atoms with van der Waals surface area (Å²) in [4.78, 5) is 15.7. The molecule has 0 spiro atoms. The maximum Gasteiger partial charge on any atom is 0.216 e. The first kappa shape index (κ1) is 12.2. The van der Waals surface area contributed by atoms with Gasteiger partial charge in [0.1, 0.15) is 12.4 Å². The van der Waals surface area contributed by atoms with Crippen molar-refractivity contribution in [2.45, 2.75) is 26.5 Å². The van der Waals surface area contributed by atoms with Gasteiger partial charge in [0, 0.05) is 13.5 Å². The van der Waals surface area contributed by atoms with Gasteiger partial charge in [-0.25, -0.2) is 4.98 Å². The van der Waals surface area contributed by atoms with Crippen LogP contribution in [-0.4, -0.2) is 28.6 Å². The molecule has 0 bridgehead atoms. The van der Waals surface area contributed by atoms with Crippen LogP contribution in [0.25, 0.3) is 11.0 Å². The van der Waals surface area contributed by atoms with E-state index in [9.17, 15) is 4.79 Å². The number of ether oxygens (including phenoxy) is 1. The molecule has 5 heteroatoms. The zero-order chi connectivity index (χ0) is 13.4. The molecule has 0 saturated heterocycles. The van der Waals surface area contributed by atoms with Crippen LogP contribution in [0.3, 0.4) is 0 Å². The molecule has 0 aliphatic carbocycles. The molecule has 2 aromatic rings. The molecule has 100 valence electrons. The van der Waals surface area contributed by atoms with Crippen LogP contribution >= 0.6 is 0 Å². The average Bonchev–Trinajstić information content (AvgIpc) is 2.77. The summed E-state index contributed by atoms with van der Waals surface area (Å²) in [5.41, 5.74) is 3.31. The number of amides is 1. The molecule has 19 heavy (non-hydrogen) atoms. The van der Waals surface area contributed by atoms with Gasteiger partial charge in [-0.15, -0.1) is 0 Å². The second-order valence-electron chi connectivity index (χ2n) is 4.95. The molecule has 0 radical (unpaired) electrons. The fourth-order valence-corrected chi connectivity index (χ4v) is 2.59. The highest BCUT2D eigenvalue weighted by Crippen LogP contribution is 2.27. The Kier molecular flexibility index (Phi) is 2.98. The molecule has 1 aromatic heterocycles. The maximum absolute atomic E-state index is 11.1. The van der Waals surface area contributed by atoms with Gasteiger partial charge in [-0.3, -0.25) is 4.79 Å². The van der Waals surface area contributed by atoms with Crippen molar-refractivity contribution in [2.75, 3.05) is 13.2 Å². The molecule has 1 amide bonds. The molecule has 2 heterocycles. The first-order chi connectivity index (χ1) is 9.16. The highest BCUT2D eigenvalue weighted by molar-refractivity contribution is 5.79. The third kappa shape index (κ3) is 2.10. The predicted octanol–water partition coefficient (Wildman–Crippen LogP) is 1.55. The van der Waals surface area contributed by atoms with E-state index in [-0.39, 0.29) is 11.9 Å². The van der Waals surface area contributed by atoms with E-state index >= 15 is 0 Å². The van der Waals surface area contributed by atoms with Gasteiger partial charge in [0.05, 0.1) is 23.7 Å². The van der Waals surface area contributed by atoms with Crippen LogP contribution < -0.4 is 5.32 Å². The van der Waals surface area contributed by atoms with Crippen LogP contribution in [0, 0.1) is 6.92 Å². The minimum absolute atomic E-state index is 0.0206. The Hall–Kier alpha value is -1.88. The number of imidazole rings is 1. The van der Waals surface area contributed by atoms with E-state index in [2.05, 4.69) is 33.9 Å². The first-order valence-corrected chi connectivity index (χ1v) is 6.45. The van der Waals surface area contributed by atoms with Crippen molar-refractivity contribution in [3.8, 4) is 0 Å². The summed E-state index contributed by atoms with van der Waals surface area (Å²) in [5, 5.41) is 2.86. The zero-order valence-corrected chi connectivity index (χ0v) is 11.1. The molecule has 5 nitrogen and oxygen atoms in total. The summed E-state index contributed by atoms with van der Waals surface area (Å²) < 4.78 is 7.77. The van der Waals surface area contributed by atoms with E-state index in [0.717, 1.165) is 22.4 Å². The van der Waals surface area contributed by atoms with E-state index in [0.29, 0.717) is 19.8 Å². The second-order valence-corrected chi connectivity index (χ2v) is 4.95. The number of rotatable bonds is 2. The molecule has 0 fully saturated rings. The fraction of sp³-hybridized carbons (Fsp3) is 0.429. The number of carbonyl (C=O) groups excluding carboxylic acids is 1. The Morgan fingerprint density at radius 3 is 3.21 bits per heavy atom. The summed E-state index contributed by atoms with van der Waals surface area (Å²) in [6.45, 7) is 5.30. The number of hydrogen-bond donors (Lipinski definition) is 1. The number of fused-ring (bicyclic) bond motifs is 3. The molecule has 1 unspecified atom stereocenters. The van der Waals surface area contributed by atoms with Crippen LogP contribution in [-0.2, 0) is 16.1 Å². The van der Waals surface area contributed by atoms with E-state index in [4.69, 9.17) is 4.74 Å². The Bertz CT molecular complexity index is 633. The number of aromatic nitrogens is 2. The summed E-state index contributed by atoms with van der Waals surface area (Å²) >= 11 is 0. The van der Waals surface area contributed by atoms with Crippen LogP contribution in [0.1, 0.15) is 24.4 Å². The minimum Gasteiger partial charge on any atom is -0.371 e. The van der Waals surface area contributed by atoms with Gasteiger partial charge in [-0.2, -0.15) is 0 Å². The van der Waals surface area contributed by atoms with Crippen molar-refractivity contribution in [1.29, 1.82) is 0 Å². The van der Waals surface area contributed by atoms with Crippen molar-refractivity contribution in [2.24, 2.45) is 0 Å². The monoisotopic (exact) mass is 259 g/mol. The molecule has 1 N–H and O–H groups in total. The molecule has 3 rings (SSSR count). The van der Waals surface area contributed by atoms with E-state index in [1.54, 1.807) is 0 Å². The number of carbonyl (C=O) groups is 1.